The molecule has 4 atom stereocenters. The van der Waals surface area contributed by atoms with Crippen LogP contribution in [0.3, 0.4) is 0 Å². The zero-order valence-electron chi connectivity index (χ0n) is 16.2. The van der Waals surface area contributed by atoms with Gasteiger partial charge in [-0.15, -0.1) is 0 Å². The summed E-state index contributed by atoms with van der Waals surface area (Å²) < 4.78 is 17.8. The fourth-order valence-electron chi connectivity index (χ4n) is 3.67. The predicted octanol–water partition coefficient (Wildman–Crippen LogP) is 2.23. The van der Waals surface area contributed by atoms with Crippen LogP contribution in [0.4, 0.5) is 5.69 Å². The van der Waals surface area contributed by atoms with Crippen molar-refractivity contribution in [3.8, 4) is 0 Å². The van der Waals surface area contributed by atoms with Gasteiger partial charge in [-0.1, -0.05) is 30.3 Å². The van der Waals surface area contributed by atoms with Crippen LogP contribution in [0.1, 0.15) is 15.9 Å². The molecule has 0 aromatic heterocycles. The number of amides is 1. The molecule has 2 aromatic carbocycles. The van der Waals surface area contributed by atoms with Gasteiger partial charge >= 0.3 is 0 Å². The Hall–Kier alpha value is -2.41. The molecule has 2 aliphatic heterocycles. The quantitative estimate of drug-likeness (QED) is 0.830. The molecule has 1 N–H and O–H groups in total. The van der Waals surface area contributed by atoms with Crippen molar-refractivity contribution < 1.29 is 19.0 Å². The lowest BCUT2D eigenvalue weighted by Crippen LogP contribution is -2.44. The molecule has 6 heteroatoms. The minimum atomic E-state index is -0.175. The number of carbonyl (C=O) groups is 1. The van der Waals surface area contributed by atoms with Gasteiger partial charge < -0.3 is 24.4 Å². The van der Waals surface area contributed by atoms with Crippen molar-refractivity contribution in [3.63, 3.8) is 0 Å². The number of benzene rings is 2. The molecule has 4 rings (SSSR count). The van der Waals surface area contributed by atoms with E-state index in [0.29, 0.717) is 25.4 Å². The molecule has 0 spiro atoms. The lowest BCUT2D eigenvalue weighted by molar-refractivity contribution is -0.0392. The monoisotopic (exact) mass is 382 g/mol. The summed E-state index contributed by atoms with van der Waals surface area (Å²) in [7, 11) is 3.94. The summed E-state index contributed by atoms with van der Waals surface area (Å²) in [6, 6.07) is 17.4. The smallest absolute Gasteiger partial charge is 0.251 e. The maximum absolute atomic E-state index is 12.6. The Morgan fingerprint density at radius 3 is 2.46 bits per heavy atom. The van der Waals surface area contributed by atoms with Crippen LogP contribution in [0.25, 0.3) is 0 Å². The predicted molar refractivity (Wildman–Crippen MR) is 107 cm³/mol. The number of anilines is 1. The van der Waals surface area contributed by atoms with Gasteiger partial charge in [0, 0.05) is 25.3 Å². The molecule has 6 nitrogen and oxygen atoms in total. The third-order valence-corrected chi connectivity index (χ3v) is 5.28. The fourth-order valence-corrected chi connectivity index (χ4v) is 3.67. The van der Waals surface area contributed by atoms with Crippen molar-refractivity contribution in [3.05, 3.63) is 65.7 Å². The summed E-state index contributed by atoms with van der Waals surface area (Å²) >= 11 is 0. The highest BCUT2D eigenvalue weighted by atomic mass is 16.6. The number of rotatable bonds is 6. The first-order chi connectivity index (χ1) is 13.6. The van der Waals surface area contributed by atoms with Gasteiger partial charge in [0.15, 0.2) is 0 Å². The number of nitrogens with zero attached hydrogens (tertiary/aromatic N) is 1. The average Bonchev–Trinajstić information content (AvgIpc) is 3.30. The molecule has 148 valence electrons. The van der Waals surface area contributed by atoms with Crippen LogP contribution in [-0.4, -0.2) is 57.6 Å². The van der Waals surface area contributed by atoms with Crippen molar-refractivity contribution in [2.75, 3.05) is 32.2 Å². The van der Waals surface area contributed by atoms with Gasteiger partial charge in [0.25, 0.3) is 5.91 Å². The third kappa shape index (κ3) is 4.04. The van der Waals surface area contributed by atoms with E-state index < -0.39 is 0 Å². The molecule has 2 fully saturated rings. The Bertz CT molecular complexity index is 794. The molecule has 0 unspecified atom stereocenters. The molecular formula is C22H26N2O4. The van der Waals surface area contributed by atoms with E-state index in [9.17, 15) is 4.79 Å². The Morgan fingerprint density at radius 2 is 1.75 bits per heavy atom. The molecule has 2 heterocycles. The normalized spacial score (nSPS) is 26.1. The molecule has 0 bridgehead atoms. The van der Waals surface area contributed by atoms with Gasteiger partial charge in [-0.2, -0.15) is 0 Å². The van der Waals surface area contributed by atoms with E-state index in [1.807, 2.05) is 73.6 Å². The van der Waals surface area contributed by atoms with E-state index in [0.717, 1.165) is 11.3 Å². The molecule has 0 radical (unpaired) electrons. The summed E-state index contributed by atoms with van der Waals surface area (Å²) in [6.45, 7) is 1.44. The zero-order valence-corrected chi connectivity index (χ0v) is 16.2. The van der Waals surface area contributed by atoms with Crippen molar-refractivity contribution in [2.45, 2.75) is 31.0 Å². The van der Waals surface area contributed by atoms with Crippen LogP contribution in [0.5, 0.6) is 0 Å². The van der Waals surface area contributed by atoms with E-state index >= 15 is 0 Å². The summed E-state index contributed by atoms with van der Waals surface area (Å²) in [4.78, 5) is 14.6. The first-order valence-corrected chi connectivity index (χ1v) is 9.59. The average molecular weight is 382 g/mol. The number of hydrogen-bond acceptors (Lipinski definition) is 5. The molecule has 2 aromatic rings. The molecule has 2 aliphatic rings. The molecule has 0 aliphatic carbocycles. The minimum absolute atomic E-state index is 0.114. The summed E-state index contributed by atoms with van der Waals surface area (Å²) in [6.07, 6.45) is -0.442. The maximum atomic E-state index is 12.6. The molecular weight excluding hydrogens is 356 g/mol. The maximum Gasteiger partial charge on any atom is 0.251 e. The highest BCUT2D eigenvalue weighted by molar-refractivity contribution is 5.94. The SMILES string of the molecule is CN(C)c1ccc(C(=O)N[C@H]2CO[C@H]3[C@@H]2OC[C@H]3OCc2ccccc2)cc1. The van der Waals surface area contributed by atoms with Gasteiger partial charge in [0.2, 0.25) is 0 Å². The second-order valence-corrected chi connectivity index (χ2v) is 7.45. The van der Waals surface area contributed by atoms with E-state index in [1.54, 1.807) is 0 Å². The second kappa shape index (κ2) is 8.31. The molecule has 2 saturated heterocycles. The summed E-state index contributed by atoms with van der Waals surface area (Å²) in [5.41, 5.74) is 2.80. The number of nitrogens with one attached hydrogen (secondary N) is 1. The van der Waals surface area contributed by atoms with Crippen LogP contribution < -0.4 is 10.2 Å². The van der Waals surface area contributed by atoms with Crippen LogP contribution in [-0.2, 0) is 20.8 Å². The summed E-state index contributed by atoms with van der Waals surface area (Å²) in [5.74, 6) is -0.114. The lowest BCUT2D eigenvalue weighted by Gasteiger charge is -2.18. The number of fused-ring (bicyclic) bond motifs is 1. The van der Waals surface area contributed by atoms with Crippen LogP contribution >= 0.6 is 0 Å². The van der Waals surface area contributed by atoms with E-state index in [2.05, 4.69) is 5.32 Å². The fraction of sp³-hybridized carbons (Fsp3) is 0.409. The van der Waals surface area contributed by atoms with E-state index in [4.69, 9.17) is 14.2 Å². The third-order valence-electron chi connectivity index (χ3n) is 5.28. The molecule has 28 heavy (non-hydrogen) atoms. The minimum Gasteiger partial charge on any atom is -0.378 e. The Morgan fingerprint density at radius 1 is 1.04 bits per heavy atom. The summed E-state index contributed by atoms with van der Waals surface area (Å²) in [5, 5.41) is 3.05. The number of carbonyl (C=O) groups excluding carboxylic acids is 1. The largest absolute Gasteiger partial charge is 0.378 e. The van der Waals surface area contributed by atoms with Gasteiger partial charge in [-0.3, -0.25) is 4.79 Å². The van der Waals surface area contributed by atoms with Gasteiger partial charge in [0.05, 0.1) is 25.9 Å². The number of ether oxygens (including phenoxy) is 3. The topological polar surface area (TPSA) is 60.0 Å². The Kier molecular flexibility index (Phi) is 5.62. The van der Waals surface area contributed by atoms with Crippen molar-refractivity contribution in [1.29, 1.82) is 0 Å². The van der Waals surface area contributed by atoms with Crippen LogP contribution in [0.15, 0.2) is 54.6 Å². The molecule has 0 saturated carbocycles. The zero-order chi connectivity index (χ0) is 19.5. The highest BCUT2D eigenvalue weighted by Gasteiger charge is 2.48. The van der Waals surface area contributed by atoms with Crippen LogP contribution in [0, 0.1) is 0 Å². The van der Waals surface area contributed by atoms with E-state index in [1.165, 1.54) is 0 Å². The highest BCUT2D eigenvalue weighted by Crippen LogP contribution is 2.29. The number of hydrogen-bond donors (Lipinski definition) is 1. The van der Waals surface area contributed by atoms with Gasteiger partial charge in [0.1, 0.15) is 18.3 Å². The Labute approximate surface area is 165 Å². The van der Waals surface area contributed by atoms with Crippen molar-refractivity contribution >= 4 is 11.6 Å². The first kappa shape index (κ1) is 18.9. The second-order valence-electron chi connectivity index (χ2n) is 7.45. The van der Waals surface area contributed by atoms with Crippen molar-refractivity contribution in [1.82, 2.24) is 5.32 Å². The Balaban J connectivity index is 1.32. The standard InChI is InChI=1S/C22H26N2O4/c1-24(2)17-10-8-16(9-11-17)22(25)23-18-13-27-21-19(14-28-20(18)21)26-12-15-6-4-3-5-7-15/h3-11,18-21H,12-14H2,1-2H3,(H,23,25)/t18-,19+,20+,21+/m0/s1. The van der Waals surface area contributed by atoms with Gasteiger partial charge in [-0.05, 0) is 29.8 Å². The first-order valence-electron chi connectivity index (χ1n) is 9.59. The van der Waals surface area contributed by atoms with Gasteiger partial charge in [-0.25, -0.2) is 0 Å². The van der Waals surface area contributed by atoms with Crippen LogP contribution in [0.2, 0.25) is 0 Å². The molecule has 1 amide bonds. The lowest BCUT2D eigenvalue weighted by atomic mass is 10.1. The van der Waals surface area contributed by atoms with E-state index in [-0.39, 0.29) is 30.3 Å². The van der Waals surface area contributed by atoms with Crippen molar-refractivity contribution in [2.24, 2.45) is 0 Å².